The van der Waals surface area contributed by atoms with Crippen molar-refractivity contribution in [2.45, 2.75) is 0 Å². The first-order chi connectivity index (χ1) is 11.1. The number of benzene rings is 3. The topological polar surface area (TPSA) is 46.2 Å². The third-order valence-electron chi connectivity index (χ3n) is 3.49. The van der Waals surface area contributed by atoms with Crippen LogP contribution in [0, 0.1) is 11.6 Å². The minimum atomic E-state index is -1.09. The summed E-state index contributed by atoms with van der Waals surface area (Å²) in [4.78, 5) is 23.4. The first kappa shape index (κ1) is 14.8. The fourth-order valence-electron chi connectivity index (χ4n) is 2.40. The highest BCUT2D eigenvalue weighted by Crippen LogP contribution is 2.26. The number of carbonyl (C=O) groups is 2. The second-order valence-corrected chi connectivity index (χ2v) is 4.95. The van der Waals surface area contributed by atoms with E-state index in [1.54, 1.807) is 24.3 Å². The van der Waals surface area contributed by atoms with E-state index in [4.69, 9.17) is 0 Å². The van der Waals surface area contributed by atoms with Crippen LogP contribution in [0.2, 0.25) is 0 Å². The summed E-state index contributed by atoms with van der Waals surface area (Å²) in [5, 5.41) is 4.02. The highest BCUT2D eigenvalue weighted by atomic mass is 19.2. The van der Waals surface area contributed by atoms with E-state index in [2.05, 4.69) is 5.32 Å². The van der Waals surface area contributed by atoms with Crippen LogP contribution < -0.4 is 5.32 Å². The molecule has 0 aromatic heterocycles. The Morgan fingerprint density at radius 3 is 2.39 bits per heavy atom. The van der Waals surface area contributed by atoms with Crippen LogP contribution in [-0.2, 0) is 0 Å². The predicted octanol–water partition coefficient (Wildman–Crippen LogP) is 4.18. The summed E-state index contributed by atoms with van der Waals surface area (Å²) in [5.41, 5.74) is 0.855. The molecule has 3 aromatic carbocycles. The molecule has 1 amide bonds. The van der Waals surface area contributed by atoms with Crippen LogP contribution in [0.1, 0.15) is 20.7 Å². The molecule has 3 rings (SSSR count). The molecular formula is C18H11F2NO2. The fraction of sp³-hybridized carbons (Fsp3) is 0. The molecule has 0 heterocycles. The van der Waals surface area contributed by atoms with Gasteiger partial charge in [-0.05, 0) is 29.7 Å². The summed E-state index contributed by atoms with van der Waals surface area (Å²) in [6.07, 6.45) is 0.704. The highest BCUT2D eigenvalue weighted by molar-refractivity contribution is 6.12. The number of aldehydes is 1. The van der Waals surface area contributed by atoms with E-state index in [0.717, 1.165) is 17.5 Å². The second-order valence-electron chi connectivity index (χ2n) is 4.95. The van der Waals surface area contributed by atoms with Gasteiger partial charge in [0.2, 0.25) is 0 Å². The van der Waals surface area contributed by atoms with Gasteiger partial charge in [-0.1, -0.05) is 30.3 Å². The molecule has 23 heavy (non-hydrogen) atoms. The van der Waals surface area contributed by atoms with Gasteiger partial charge in [0, 0.05) is 22.2 Å². The Labute approximate surface area is 130 Å². The zero-order valence-electron chi connectivity index (χ0n) is 11.8. The van der Waals surface area contributed by atoms with Gasteiger partial charge in [0.25, 0.3) is 5.91 Å². The molecule has 3 aromatic rings. The Morgan fingerprint density at radius 2 is 1.70 bits per heavy atom. The van der Waals surface area contributed by atoms with Crippen molar-refractivity contribution in [2.75, 3.05) is 5.32 Å². The van der Waals surface area contributed by atoms with E-state index in [1.165, 1.54) is 6.07 Å². The molecule has 3 nitrogen and oxygen atoms in total. The van der Waals surface area contributed by atoms with Gasteiger partial charge >= 0.3 is 0 Å². The predicted molar refractivity (Wildman–Crippen MR) is 83.6 cm³/mol. The first-order valence-corrected chi connectivity index (χ1v) is 6.83. The highest BCUT2D eigenvalue weighted by Gasteiger charge is 2.12. The van der Waals surface area contributed by atoms with E-state index in [-0.39, 0.29) is 5.56 Å². The summed E-state index contributed by atoms with van der Waals surface area (Å²) in [6.45, 7) is 0. The van der Waals surface area contributed by atoms with Crippen LogP contribution >= 0.6 is 0 Å². The molecule has 0 radical (unpaired) electrons. The molecule has 0 spiro atoms. The molecule has 0 aliphatic rings. The van der Waals surface area contributed by atoms with Crippen molar-refractivity contribution in [1.82, 2.24) is 0 Å². The molecule has 0 aliphatic heterocycles. The van der Waals surface area contributed by atoms with Crippen LogP contribution in [0.4, 0.5) is 14.5 Å². The third kappa shape index (κ3) is 2.81. The van der Waals surface area contributed by atoms with Crippen molar-refractivity contribution >= 4 is 28.7 Å². The number of fused-ring (bicyclic) bond motifs is 1. The minimum Gasteiger partial charge on any atom is -0.321 e. The lowest BCUT2D eigenvalue weighted by Crippen LogP contribution is -2.13. The Kier molecular flexibility index (Phi) is 3.85. The average molecular weight is 311 g/mol. The lowest BCUT2D eigenvalue weighted by Gasteiger charge is -2.10. The molecule has 114 valence electrons. The van der Waals surface area contributed by atoms with Gasteiger partial charge in [0.15, 0.2) is 17.9 Å². The smallest absolute Gasteiger partial charge is 0.255 e. The molecular weight excluding hydrogens is 300 g/mol. The van der Waals surface area contributed by atoms with Gasteiger partial charge in [-0.3, -0.25) is 9.59 Å². The SMILES string of the molecule is O=Cc1cccc2cccc(NC(=O)c3ccc(F)c(F)c3)c12. The van der Waals surface area contributed by atoms with Gasteiger partial charge in [0.1, 0.15) is 0 Å². The van der Waals surface area contributed by atoms with E-state index >= 15 is 0 Å². The summed E-state index contributed by atoms with van der Waals surface area (Å²) in [7, 11) is 0. The fourth-order valence-corrected chi connectivity index (χ4v) is 2.40. The number of anilines is 1. The molecule has 0 unspecified atom stereocenters. The maximum Gasteiger partial charge on any atom is 0.255 e. The van der Waals surface area contributed by atoms with E-state index in [1.807, 2.05) is 12.1 Å². The Bertz CT molecular complexity index is 917. The lowest BCUT2D eigenvalue weighted by molar-refractivity contribution is 0.102. The molecule has 0 aliphatic carbocycles. The Morgan fingerprint density at radius 1 is 0.957 bits per heavy atom. The zero-order valence-corrected chi connectivity index (χ0v) is 11.8. The van der Waals surface area contributed by atoms with Gasteiger partial charge in [-0.25, -0.2) is 8.78 Å². The monoisotopic (exact) mass is 311 g/mol. The molecule has 0 atom stereocenters. The van der Waals surface area contributed by atoms with Crippen molar-refractivity contribution < 1.29 is 18.4 Å². The quantitative estimate of drug-likeness (QED) is 0.737. The molecule has 1 N–H and O–H groups in total. The van der Waals surface area contributed by atoms with Crippen LogP contribution in [-0.4, -0.2) is 12.2 Å². The van der Waals surface area contributed by atoms with E-state index in [0.29, 0.717) is 22.9 Å². The molecule has 0 saturated heterocycles. The average Bonchev–Trinajstić information content (AvgIpc) is 2.57. The maximum absolute atomic E-state index is 13.2. The molecule has 0 saturated carbocycles. The lowest BCUT2D eigenvalue weighted by atomic mass is 10.0. The molecule has 0 bridgehead atoms. The number of carbonyl (C=O) groups excluding carboxylic acids is 2. The number of hydrogen-bond donors (Lipinski definition) is 1. The minimum absolute atomic E-state index is 0.00973. The van der Waals surface area contributed by atoms with Gasteiger partial charge in [0.05, 0.1) is 0 Å². The van der Waals surface area contributed by atoms with Crippen LogP contribution in [0.15, 0.2) is 54.6 Å². The van der Waals surface area contributed by atoms with E-state index in [9.17, 15) is 18.4 Å². The number of nitrogens with one attached hydrogen (secondary N) is 1. The summed E-state index contributed by atoms with van der Waals surface area (Å²) in [5.74, 6) is -2.70. The first-order valence-electron chi connectivity index (χ1n) is 6.83. The van der Waals surface area contributed by atoms with Crippen LogP contribution in [0.25, 0.3) is 10.8 Å². The van der Waals surface area contributed by atoms with Gasteiger partial charge in [-0.2, -0.15) is 0 Å². The van der Waals surface area contributed by atoms with Gasteiger partial charge < -0.3 is 5.32 Å². The third-order valence-corrected chi connectivity index (χ3v) is 3.49. The maximum atomic E-state index is 13.2. The van der Waals surface area contributed by atoms with Crippen molar-refractivity contribution in [3.63, 3.8) is 0 Å². The largest absolute Gasteiger partial charge is 0.321 e. The standard InChI is InChI=1S/C18H11F2NO2/c19-14-8-7-12(9-15(14)20)18(23)21-16-6-2-4-11-3-1-5-13(10-22)17(11)16/h1-10H,(H,21,23). The summed E-state index contributed by atoms with van der Waals surface area (Å²) in [6, 6.07) is 13.3. The Hall–Kier alpha value is -3.08. The van der Waals surface area contributed by atoms with E-state index < -0.39 is 17.5 Å². The molecule has 0 fully saturated rings. The number of amides is 1. The summed E-state index contributed by atoms with van der Waals surface area (Å²) < 4.78 is 26.2. The number of halogens is 2. The van der Waals surface area contributed by atoms with Crippen molar-refractivity contribution in [3.8, 4) is 0 Å². The normalized spacial score (nSPS) is 10.5. The van der Waals surface area contributed by atoms with Crippen molar-refractivity contribution in [2.24, 2.45) is 0 Å². The number of rotatable bonds is 3. The zero-order chi connectivity index (χ0) is 16.4. The van der Waals surface area contributed by atoms with Crippen molar-refractivity contribution in [1.29, 1.82) is 0 Å². The Balaban J connectivity index is 2.02. The molecule has 5 heteroatoms. The van der Waals surface area contributed by atoms with Crippen molar-refractivity contribution in [3.05, 3.63) is 77.4 Å². The van der Waals surface area contributed by atoms with Crippen LogP contribution in [0.3, 0.4) is 0 Å². The van der Waals surface area contributed by atoms with Crippen LogP contribution in [0.5, 0.6) is 0 Å². The van der Waals surface area contributed by atoms with Gasteiger partial charge in [-0.15, -0.1) is 0 Å². The number of hydrogen-bond acceptors (Lipinski definition) is 2. The second kappa shape index (κ2) is 5.96. The summed E-state index contributed by atoms with van der Waals surface area (Å²) >= 11 is 0.